The van der Waals surface area contributed by atoms with Gasteiger partial charge in [-0.05, 0) is 51.9 Å². The number of aryl methyl sites for hydroxylation is 1. The first kappa shape index (κ1) is 20.5. The summed E-state index contributed by atoms with van der Waals surface area (Å²) in [6.07, 6.45) is 11.2. The number of allylic oxidation sites excluding steroid dienone is 3. The molecule has 2 atom stereocenters. The van der Waals surface area contributed by atoms with Crippen LogP contribution in [-0.4, -0.2) is 31.5 Å². The van der Waals surface area contributed by atoms with Crippen LogP contribution in [0.1, 0.15) is 24.8 Å². The molecular weight excluding hydrogens is 322 g/mol. The van der Waals surface area contributed by atoms with Gasteiger partial charge in [0.25, 0.3) is 0 Å². The predicted octanol–water partition coefficient (Wildman–Crippen LogP) is 2.86. The number of carbonyl (C=O) groups excluding carboxylic acids is 1. The van der Waals surface area contributed by atoms with E-state index in [4.69, 9.17) is 0 Å². The lowest BCUT2D eigenvalue weighted by Crippen LogP contribution is -2.42. The zero-order valence-corrected chi connectivity index (χ0v) is 15.3. The Morgan fingerprint density at radius 2 is 1.88 bits per heavy atom. The second-order valence-electron chi connectivity index (χ2n) is 6.67. The fraction of sp³-hybridized carbons (Fsp3) is 0.450. The van der Waals surface area contributed by atoms with E-state index in [1.54, 1.807) is 6.08 Å². The first-order valence-electron chi connectivity index (χ1n) is 8.29. The Kier molecular flexibility index (Phi) is 8.23. The Morgan fingerprint density at radius 3 is 2.50 bits per heavy atom. The average molecular weight is 349 g/mol. The van der Waals surface area contributed by atoms with Crippen molar-refractivity contribution in [3.8, 4) is 0 Å². The molecule has 0 aromatic heterocycles. The topological polar surface area (TPSA) is 43.4 Å². The molecular formula is C20H27ClNO2-. The van der Waals surface area contributed by atoms with Crippen LogP contribution < -0.4 is 5.11 Å². The Bertz CT molecular complexity index is 568. The number of halogens is 1. The van der Waals surface area contributed by atoms with Crippen LogP contribution in [0.15, 0.2) is 54.6 Å². The van der Waals surface area contributed by atoms with Gasteiger partial charge in [-0.15, -0.1) is 12.4 Å². The van der Waals surface area contributed by atoms with Gasteiger partial charge in [0.1, 0.15) is 0 Å². The molecule has 0 amide bonds. The van der Waals surface area contributed by atoms with E-state index < -0.39 is 11.9 Å². The van der Waals surface area contributed by atoms with E-state index in [1.165, 1.54) is 5.56 Å². The molecule has 0 fully saturated rings. The fourth-order valence-electron chi connectivity index (χ4n) is 3.38. The zero-order valence-electron chi connectivity index (χ0n) is 14.5. The molecule has 2 rings (SSSR count). The van der Waals surface area contributed by atoms with Gasteiger partial charge in [0, 0.05) is 17.3 Å². The van der Waals surface area contributed by atoms with Gasteiger partial charge in [0.15, 0.2) is 0 Å². The van der Waals surface area contributed by atoms with Gasteiger partial charge < -0.3 is 14.8 Å². The van der Waals surface area contributed by atoms with Crippen LogP contribution in [0, 0.1) is 11.3 Å². The van der Waals surface area contributed by atoms with Gasteiger partial charge in [-0.1, -0.05) is 54.6 Å². The number of carboxylic acids is 1. The minimum atomic E-state index is -0.969. The maximum Gasteiger partial charge on any atom is 0.0491 e. The van der Waals surface area contributed by atoms with Crippen LogP contribution in [0.4, 0.5) is 0 Å². The summed E-state index contributed by atoms with van der Waals surface area (Å²) in [5.74, 6) is -1.51. The summed E-state index contributed by atoms with van der Waals surface area (Å²) in [6.45, 7) is 0.963. The summed E-state index contributed by atoms with van der Waals surface area (Å²) >= 11 is 0. The molecule has 3 nitrogen and oxygen atoms in total. The average Bonchev–Trinajstić information content (AvgIpc) is 2.54. The minimum Gasteiger partial charge on any atom is -0.549 e. The van der Waals surface area contributed by atoms with Crippen molar-refractivity contribution in [3.05, 3.63) is 60.2 Å². The maximum absolute atomic E-state index is 11.7. The van der Waals surface area contributed by atoms with Crippen molar-refractivity contribution in [2.75, 3.05) is 20.6 Å². The summed E-state index contributed by atoms with van der Waals surface area (Å²) in [6, 6.07) is 10.3. The van der Waals surface area contributed by atoms with E-state index in [-0.39, 0.29) is 17.8 Å². The third-order valence-corrected chi connectivity index (χ3v) is 4.69. The number of benzene rings is 1. The fourth-order valence-corrected chi connectivity index (χ4v) is 3.38. The molecule has 0 saturated carbocycles. The van der Waals surface area contributed by atoms with Gasteiger partial charge in [-0.25, -0.2) is 0 Å². The minimum absolute atomic E-state index is 0. The van der Waals surface area contributed by atoms with Crippen LogP contribution in [0.5, 0.6) is 0 Å². The third kappa shape index (κ3) is 5.50. The van der Waals surface area contributed by atoms with E-state index in [1.807, 2.05) is 44.4 Å². The Morgan fingerprint density at radius 1 is 1.17 bits per heavy atom. The van der Waals surface area contributed by atoms with Crippen molar-refractivity contribution >= 4 is 18.4 Å². The molecule has 0 saturated heterocycles. The summed E-state index contributed by atoms with van der Waals surface area (Å²) < 4.78 is 0. The Balaban J connectivity index is 0.00000288. The molecule has 0 radical (unpaired) electrons. The smallest absolute Gasteiger partial charge is 0.0491 e. The number of carbonyl (C=O) groups is 1. The number of hydrogen-bond donors (Lipinski definition) is 0. The lowest BCUT2D eigenvalue weighted by molar-refractivity contribution is -0.312. The van der Waals surface area contributed by atoms with Crippen LogP contribution in [0.25, 0.3) is 0 Å². The van der Waals surface area contributed by atoms with Crippen molar-refractivity contribution in [1.29, 1.82) is 0 Å². The predicted molar refractivity (Wildman–Crippen MR) is 99.0 cm³/mol. The van der Waals surface area contributed by atoms with Crippen LogP contribution in [0.3, 0.4) is 0 Å². The van der Waals surface area contributed by atoms with Gasteiger partial charge in [0.05, 0.1) is 0 Å². The third-order valence-electron chi connectivity index (χ3n) is 4.69. The zero-order chi connectivity index (χ0) is 16.7. The highest BCUT2D eigenvalue weighted by atomic mass is 35.5. The van der Waals surface area contributed by atoms with Gasteiger partial charge in [-0.2, -0.15) is 0 Å². The lowest BCUT2D eigenvalue weighted by Gasteiger charge is -2.40. The van der Waals surface area contributed by atoms with E-state index in [0.29, 0.717) is 0 Å². The molecule has 0 N–H and O–H groups in total. The van der Waals surface area contributed by atoms with E-state index in [0.717, 1.165) is 32.2 Å². The summed E-state index contributed by atoms with van der Waals surface area (Å²) in [5, 5.41) is 11.7. The second-order valence-corrected chi connectivity index (χ2v) is 6.67. The number of hydrogen-bond acceptors (Lipinski definition) is 3. The van der Waals surface area contributed by atoms with Gasteiger partial charge in [-0.3, -0.25) is 0 Å². The van der Waals surface area contributed by atoms with E-state index in [9.17, 15) is 9.90 Å². The van der Waals surface area contributed by atoms with Crippen molar-refractivity contribution < 1.29 is 9.90 Å². The van der Waals surface area contributed by atoms with Crippen molar-refractivity contribution in [1.82, 2.24) is 4.90 Å². The molecule has 24 heavy (non-hydrogen) atoms. The van der Waals surface area contributed by atoms with Crippen molar-refractivity contribution in [3.63, 3.8) is 0 Å². The number of rotatable bonds is 8. The Hall–Kier alpha value is -1.58. The monoisotopic (exact) mass is 348 g/mol. The highest BCUT2D eigenvalue weighted by Crippen LogP contribution is 2.42. The first-order chi connectivity index (χ1) is 11.0. The summed E-state index contributed by atoms with van der Waals surface area (Å²) in [4.78, 5) is 13.8. The lowest BCUT2D eigenvalue weighted by atomic mass is 9.66. The normalized spacial score (nSPS) is 22.4. The molecule has 1 aliphatic carbocycles. The first-order valence-corrected chi connectivity index (χ1v) is 8.29. The maximum atomic E-state index is 11.7. The number of aliphatic carboxylic acids is 1. The molecule has 1 aliphatic rings. The SMILES string of the molecule is CN(C)CCCC1(CCc2ccccc2)C=CC=CC1C(=O)[O-].Cl. The Labute approximate surface area is 151 Å². The number of nitrogens with zero attached hydrogens (tertiary/aromatic N) is 1. The molecule has 0 aliphatic heterocycles. The molecule has 0 spiro atoms. The van der Waals surface area contributed by atoms with Gasteiger partial charge in [0.2, 0.25) is 0 Å². The van der Waals surface area contributed by atoms with E-state index >= 15 is 0 Å². The van der Waals surface area contributed by atoms with Crippen molar-refractivity contribution in [2.24, 2.45) is 11.3 Å². The summed E-state index contributed by atoms with van der Waals surface area (Å²) in [5.41, 5.74) is 0.902. The molecule has 1 aromatic rings. The van der Waals surface area contributed by atoms with Crippen molar-refractivity contribution in [2.45, 2.75) is 25.7 Å². The standard InChI is InChI=1S/C20H27NO2.ClH/c1-21(2)16-8-14-20(13-7-6-11-18(20)19(22)23)15-12-17-9-4-3-5-10-17;/h3-7,9-11,13,18H,8,12,14-16H2,1-2H3,(H,22,23);1H/p-1. The molecule has 4 heteroatoms. The second kappa shape index (κ2) is 9.65. The quantitative estimate of drug-likeness (QED) is 0.725. The van der Waals surface area contributed by atoms with Gasteiger partial charge >= 0.3 is 0 Å². The largest absolute Gasteiger partial charge is 0.549 e. The van der Waals surface area contributed by atoms with Crippen LogP contribution in [0.2, 0.25) is 0 Å². The number of carboxylic acid groups (broad SMARTS) is 1. The molecule has 0 bridgehead atoms. The van der Waals surface area contributed by atoms with Crippen LogP contribution >= 0.6 is 12.4 Å². The molecule has 2 unspecified atom stereocenters. The van der Waals surface area contributed by atoms with Crippen LogP contribution in [-0.2, 0) is 11.2 Å². The van der Waals surface area contributed by atoms with E-state index in [2.05, 4.69) is 23.1 Å². The highest BCUT2D eigenvalue weighted by Gasteiger charge is 2.36. The highest BCUT2D eigenvalue weighted by molar-refractivity contribution is 5.85. The molecule has 1 aromatic carbocycles. The molecule has 132 valence electrons. The molecule has 0 heterocycles. The summed E-state index contributed by atoms with van der Waals surface area (Å²) in [7, 11) is 4.09.